The van der Waals surface area contributed by atoms with Gasteiger partial charge in [-0.15, -0.1) is 0 Å². The fourth-order valence-electron chi connectivity index (χ4n) is 2.38. The Labute approximate surface area is 146 Å². The average Bonchev–Trinajstić information content (AvgIpc) is 2.60. The molecule has 0 aliphatic carbocycles. The third kappa shape index (κ3) is 9.18. The van der Waals surface area contributed by atoms with Crippen molar-refractivity contribution < 1.29 is 4.79 Å². The van der Waals surface area contributed by atoms with Crippen LogP contribution < -0.4 is 16.0 Å². The maximum atomic E-state index is 11.9. The highest BCUT2D eigenvalue weighted by molar-refractivity contribution is 5.81. The number of rotatable bonds is 10. The van der Waals surface area contributed by atoms with Crippen molar-refractivity contribution in [3.8, 4) is 0 Å². The summed E-state index contributed by atoms with van der Waals surface area (Å²) in [4.78, 5) is 16.1. The van der Waals surface area contributed by atoms with Crippen LogP contribution in [0, 0.1) is 0 Å². The summed E-state index contributed by atoms with van der Waals surface area (Å²) in [5, 5.41) is 9.49. The van der Waals surface area contributed by atoms with Crippen molar-refractivity contribution in [2.75, 3.05) is 13.6 Å². The van der Waals surface area contributed by atoms with Gasteiger partial charge in [0, 0.05) is 32.6 Å². The van der Waals surface area contributed by atoms with Crippen molar-refractivity contribution in [2.45, 2.75) is 58.5 Å². The van der Waals surface area contributed by atoms with Crippen molar-refractivity contribution in [1.82, 2.24) is 16.0 Å². The summed E-state index contributed by atoms with van der Waals surface area (Å²) in [5.41, 5.74) is 1.11. The first-order valence-corrected chi connectivity index (χ1v) is 8.93. The molecule has 1 aromatic carbocycles. The molecule has 1 unspecified atom stereocenters. The molecule has 0 spiro atoms. The minimum absolute atomic E-state index is 0.0396. The number of carbonyl (C=O) groups is 1. The first-order valence-electron chi connectivity index (χ1n) is 8.93. The van der Waals surface area contributed by atoms with E-state index in [1.165, 1.54) is 19.3 Å². The maximum Gasteiger partial charge on any atom is 0.222 e. The van der Waals surface area contributed by atoms with E-state index < -0.39 is 0 Å². The second-order valence-corrected chi connectivity index (χ2v) is 6.05. The van der Waals surface area contributed by atoms with Crippen molar-refractivity contribution in [3.63, 3.8) is 0 Å². The van der Waals surface area contributed by atoms with E-state index in [-0.39, 0.29) is 5.91 Å². The van der Waals surface area contributed by atoms with E-state index in [1.807, 2.05) is 30.3 Å². The predicted molar refractivity (Wildman–Crippen MR) is 101 cm³/mol. The monoisotopic (exact) mass is 332 g/mol. The van der Waals surface area contributed by atoms with Gasteiger partial charge < -0.3 is 16.0 Å². The minimum atomic E-state index is 0.0396. The summed E-state index contributed by atoms with van der Waals surface area (Å²) in [5.74, 6) is 0.799. The summed E-state index contributed by atoms with van der Waals surface area (Å²) in [7, 11) is 1.75. The highest BCUT2D eigenvalue weighted by atomic mass is 16.1. The van der Waals surface area contributed by atoms with E-state index in [4.69, 9.17) is 0 Å². The zero-order valence-corrected chi connectivity index (χ0v) is 15.3. The molecule has 3 N–H and O–H groups in total. The largest absolute Gasteiger partial charge is 0.356 e. The van der Waals surface area contributed by atoms with Gasteiger partial charge in [0.25, 0.3) is 0 Å². The fourth-order valence-corrected chi connectivity index (χ4v) is 2.38. The van der Waals surface area contributed by atoms with Gasteiger partial charge in [-0.2, -0.15) is 0 Å². The molecule has 0 fully saturated rings. The number of guanidine groups is 1. The van der Waals surface area contributed by atoms with E-state index in [2.05, 4.69) is 34.8 Å². The van der Waals surface area contributed by atoms with Crippen molar-refractivity contribution in [3.05, 3.63) is 35.9 Å². The van der Waals surface area contributed by atoms with Gasteiger partial charge in [-0.25, -0.2) is 0 Å². The number of nitrogens with zero attached hydrogens (tertiary/aromatic N) is 1. The van der Waals surface area contributed by atoms with Crippen molar-refractivity contribution >= 4 is 11.9 Å². The summed E-state index contributed by atoms with van der Waals surface area (Å²) in [6.45, 7) is 5.51. The second kappa shape index (κ2) is 12.4. The molecule has 0 bridgehead atoms. The summed E-state index contributed by atoms with van der Waals surface area (Å²) >= 11 is 0. The molecule has 0 heterocycles. The summed E-state index contributed by atoms with van der Waals surface area (Å²) in [6.07, 6.45) is 5.28. The number of carbonyl (C=O) groups excluding carboxylic acids is 1. The van der Waals surface area contributed by atoms with Crippen LogP contribution in [-0.2, 0) is 11.3 Å². The normalized spacial score (nSPS) is 12.5. The maximum absolute atomic E-state index is 11.9. The van der Waals surface area contributed by atoms with Crippen LogP contribution in [-0.4, -0.2) is 31.5 Å². The standard InChI is InChI=1S/C19H32N4O/c1-4-5-7-10-16(2)23-19(20-3)21-14-13-18(24)22-15-17-11-8-6-9-12-17/h6,8-9,11-12,16H,4-5,7,10,13-15H2,1-3H3,(H,22,24)(H2,20,21,23). The Morgan fingerprint density at radius 1 is 1.17 bits per heavy atom. The first-order chi connectivity index (χ1) is 11.7. The lowest BCUT2D eigenvalue weighted by atomic mass is 10.1. The van der Waals surface area contributed by atoms with Gasteiger partial charge in [-0.1, -0.05) is 56.5 Å². The Bertz CT molecular complexity index is 487. The van der Waals surface area contributed by atoms with Crippen LogP contribution >= 0.6 is 0 Å². The molecule has 5 nitrogen and oxygen atoms in total. The van der Waals surface area contributed by atoms with Crippen LogP contribution in [0.1, 0.15) is 51.5 Å². The molecule has 134 valence electrons. The van der Waals surface area contributed by atoms with Crippen LogP contribution in [0.25, 0.3) is 0 Å². The van der Waals surface area contributed by atoms with Crippen LogP contribution in [0.2, 0.25) is 0 Å². The van der Waals surface area contributed by atoms with E-state index in [1.54, 1.807) is 7.05 Å². The highest BCUT2D eigenvalue weighted by Gasteiger charge is 2.06. The van der Waals surface area contributed by atoms with Gasteiger partial charge in [0.1, 0.15) is 0 Å². The van der Waals surface area contributed by atoms with Gasteiger partial charge in [-0.3, -0.25) is 9.79 Å². The molecule has 0 saturated carbocycles. The molecule has 1 rings (SSSR count). The molecule has 24 heavy (non-hydrogen) atoms. The first kappa shape index (κ1) is 20.0. The molecule has 0 saturated heterocycles. The van der Waals surface area contributed by atoms with Gasteiger partial charge in [0.05, 0.1) is 0 Å². The van der Waals surface area contributed by atoms with Gasteiger partial charge in [-0.05, 0) is 18.9 Å². The SMILES string of the molecule is CCCCCC(C)NC(=NC)NCCC(=O)NCc1ccccc1. The predicted octanol–water partition coefficient (Wildman–Crippen LogP) is 2.83. The number of amides is 1. The van der Waals surface area contributed by atoms with Crippen molar-refractivity contribution in [2.24, 2.45) is 4.99 Å². The Balaban J connectivity index is 2.18. The Hall–Kier alpha value is -2.04. The van der Waals surface area contributed by atoms with E-state index in [9.17, 15) is 4.79 Å². The lowest BCUT2D eigenvalue weighted by Gasteiger charge is -2.17. The minimum Gasteiger partial charge on any atom is -0.356 e. The molecule has 0 aliphatic heterocycles. The Morgan fingerprint density at radius 2 is 1.92 bits per heavy atom. The second-order valence-electron chi connectivity index (χ2n) is 6.05. The summed E-state index contributed by atoms with van der Waals surface area (Å²) in [6, 6.07) is 10.3. The molecule has 0 radical (unpaired) electrons. The molecule has 1 aromatic rings. The number of aliphatic imine (C=N–C) groups is 1. The zero-order valence-electron chi connectivity index (χ0n) is 15.3. The third-order valence-electron chi connectivity index (χ3n) is 3.82. The third-order valence-corrected chi connectivity index (χ3v) is 3.82. The van der Waals surface area contributed by atoms with Crippen LogP contribution in [0.15, 0.2) is 35.3 Å². The quantitative estimate of drug-likeness (QED) is 0.351. The van der Waals surface area contributed by atoms with E-state index in [0.29, 0.717) is 25.6 Å². The molecular weight excluding hydrogens is 300 g/mol. The molecule has 1 amide bonds. The number of benzene rings is 1. The Kier molecular flexibility index (Phi) is 10.3. The van der Waals surface area contributed by atoms with Crippen LogP contribution in [0.5, 0.6) is 0 Å². The number of hydrogen-bond acceptors (Lipinski definition) is 2. The van der Waals surface area contributed by atoms with Gasteiger partial charge in [0.2, 0.25) is 5.91 Å². The van der Waals surface area contributed by atoms with E-state index in [0.717, 1.165) is 17.9 Å². The molecule has 5 heteroatoms. The number of nitrogens with one attached hydrogen (secondary N) is 3. The number of unbranched alkanes of at least 4 members (excludes halogenated alkanes) is 2. The van der Waals surface area contributed by atoms with Gasteiger partial charge in [0.15, 0.2) is 5.96 Å². The molecule has 0 aliphatic rings. The number of hydrogen-bond donors (Lipinski definition) is 3. The molecule has 0 aromatic heterocycles. The summed E-state index contributed by atoms with van der Waals surface area (Å²) < 4.78 is 0. The van der Waals surface area contributed by atoms with Gasteiger partial charge >= 0.3 is 0 Å². The highest BCUT2D eigenvalue weighted by Crippen LogP contribution is 2.02. The Morgan fingerprint density at radius 3 is 2.58 bits per heavy atom. The lowest BCUT2D eigenvalue weighted by molar-refractivity contribution is -0.121. The average molecular weight is 332 g/mol. The van der Waals surface area contributed by atoms with Crippen LogP contribution in [0.3, 0.4) is 0 Å². The molecule has 1 atom stereocenters. The van der Waals surface area contributed by atoms with Crippen LogP contribution in [0.4, 0.5) is 0 Å². The van der Waals surface area contributed by atoms with E-state index >= 15 is 0 Å². The topological polar surface area (TPSA) is 65.5 Å². The lowest BCUT2D eigenvalue weighted by Crippen LogP contribution is -2.43. The smallest absolute Gasteiger partial charge is 0.222 e. The fraction of sp³-hybridized carbons (Fsp3) is 0.579. The zero-order chi connectivity index (χ0) is 17.6. The molecular formula is C19H32N4O. The van der Waals surface area contributed by atoms with Crippen molar-refractivity contribution in [1.29, 1.82) is 0 Å².